The molecule has 1 aromatic heterocycles. The van der Waals surface area contributed by atoms with Gasteiger partial charge in [0.1, 0.15) is 5.82 Å². The SMILES string of the molecule is COCCNc1ncc(N)cc1C(N)=O. The number of carbonyl (C=O) groups excluding carboxylic acids is 1. The number of pyridine rings is 1. The van der Waals surface area contributed by atoms with E-state index >= 15 is 0 Å². The maximum Gasteiger partial charge on any atom is 0.252 e. The molecule has 0 aromatic carbocycles. The normalized spacial score (nSPS) is 9.93. The quantitative estimate of drug-likeness (QED) is 0.585. The maximum absolute atomic E-state index is 11.1. The zero-order valence-corrected chi connectivity index (χ0v) is 8.49. The largest absolute Gasteiger partial charge is 0.397 e. The minimum Gasteiger partial charge on any atom is -0.397 e. The van der Waals surface area contributed by atoms with Crippen molar-refractivity contribution in [1.82, 2.24) is 4.98 Å². The third-order valence-corrected chi connectivity index (χ3v) is 1.77. The number of nitrogen functional groups attached to an aromatic ring is 1. The summed E-state index contributed by atoms with van der Waals surface area (Å²) in [6.45, 7) is 1.07. The van der Waals surface area contributed by atoms with Crippen LogP contribution in [0.2, 0.25) is 0 Å². The molecule has 0 saturated carbocycles. The van der Waals surface area contributed by atoms with Crippen LogP contribution in [0, 0.1) is 0 Å². The molecular weight excluding hydrogens is 196 g/mol. The Bertz CT molecular complexity index is 354. The second kappa shape index (κ2) is 5.16. The molecule has 0 fully saturated rings. The van der Waals surface area contributed by atoms with Gasteiger partial charge < -0.3 is 21.5 Å². The Labute approximate surface area is 87.6 Å². The summed E-state index contributed by atoms with van der Waals surface area (Å²) in [6.07, 6.45) is 1.46. The molecule has 1 heterocycles. The van der Waals surface area contributed by atoms with Crippen LogP contribution < -0.4 is 16.8 Å². The van der Waals surface area contributed by atoms with Crippen molar-refractivity contribution in [3.63, 3.8) is 0 Å². The highest BCUT2D eigenvalue weighted by Gasteiger charge is 2.09. The lowest BCUT2D eigenvalue weighted by Gasteiger charge is -2.08. The third kappa shape index (κ3) is 3.10. The Kier molecular flexibility index (Phi) is 3.87. The first kappa shape index (κ1) is 11.3. The third-order valence-electron chi connectivity index (χ3n) is 1.77. The first-order valence-electron chi connectivity index (χ1n) is 4.43. The average molecular weight is 210 g/mol. The molecule has 0 saturated heterocycles. The Morgan fingerprint density at radius 2 is 2.40 bits per heavy atom. The number of nitrogens with one attached hydrogen (secondary N) is 1. The molecule has 0 aliphatic carbocycles. The summed E-state index contributed by atoms with van der Waals surface area (Å²) in [6, 6.07) is 1.49. The van der Waals surface area contributed by atoms with Crippen LogP contribution in [-0.2, 0) is 4.74 Å². The molecule has 0 unspecified atom stereocenters. The molecule has 0 atom stereocenters. The Morgan fingerprint density at radius 1 is 1.67 bits per heavy atom. The highest BCUT2D eigenvalue weighted by molar-refractivity contribution is 5.98. The van der Waals surface area contributed by atoms with Gasteiger partial charge in [0.2, 0.25) is 0 Å². The van der Waals surface area contributed by atoms with E-state index in [4.69, 9.17) is 16.2 Å². The standard InChI is InChI=1S/C9H14N4O2/c1-15-3-2-12-9-7(8(11)14)4-6(10)5-13-9/h4-5H,2-3,10H2,1H3,(H2,11,14)(H,12,13). The van der Waals surface area contributed by atoms with E-state index in [0.29, 0.717) is 24.7 Å². The van der Waals surface area contributed by atoms with Crippen LogP contribution in [0.15, 0.2) is 12.3 Å². The summed E-state index contributed by atoms with van der Waals surface area (Å²) in [5.74, 6) is -0.136. The van der Waals surface area contributed by atoms with Gasteiger partial charge in [0.05, 0.1) is 24.1 Å². The van der Waals surface area contributed by atoms with E-state index < -0.39 is 5.91 Å². The zero-order chi connectivity index (χ0) is 11.3. The number of nitrogens with zero attached hydrogens (tertiary/aromatic N) is 1. The van der Waals surface area contributed by atoms with Crippen molar-refractivity contribution in [1.29, 1.82) is 0 Å². The molecule has 0 spiro atoms. The highest BCUT2D eigenvalue weighted by atomic mass is 16.5. The van der Waals surface area contributed by atoms with Gasteiger partial charge in [-0.1, -0.05) is 0 Å². The number of aromatic nitrogens is 1. The number of methoxy groups -OCH3 is 1. The second-order valence-electron chi connectivity index (χ2n) is 2.95. The number of primary amides is 1. The number of amides is 1. The van der Waals surface area contributed by atoms with E-state index in [1.165, 1.54) is 12.3 Å². The van der Waals surface area contributed by atoms with Crippen LogP contribution >= 0.6 is 0 Å². The van der Waals surface area contributed by atoms with Crippen molar-refractivity contribution in [3.8, 4) is 0 Å². The number of carbonyl (C=O) groups is 1. The second-order valence-corrected chi connectivity index (χ2v) is 2.95. The minimum atomic E-state index is -0.560. The first-order valence-corrected chi connectivity index (χ1v) is 4.43. The molecular formula is C9H14N4O2. The molecule has 1 aromatic rings. The van der Waals surface area contributed by atoms with Crippen LogP contribution in [0.3, 0.4) is 0 Å². The van der Waals surface area contributed by atoms with Gasteiger partial charge in [0.15, 0.2) is 0 Å². The number of rotatable bonds is 5. The van der Waals surface area contributed by atoms with Gasteiger partial charge >= 0.3 is 0 Å². The fraction of sp³-hybridized carbons (Fsp3) is 0.333. The topological polar surface area (TPSA) is 103 Å². The molecule has 1 amide bonds. The molecule has 15 heavy (non-hydrogen) atoms. The molecule has 0 bridgehead atoms. The first-order chi connectivity index (χ1) is 7.15. The van der Waals surface area contributed by atoms with Crippen LogP contribution in [0.5, 0.6) is 0 Å². The van der Waals surface area contributed by atoms with E-state index in [-0.39, 0.29) is 5.56 Å². The lowest BCUT2D eigenvalue weighted by Crippen LogP contribution is -2.17. The van der Waals surface area contributed by atoms with Gasteiger partial charge in [0.25, 0.3) is 5.91 Å². The fourth-order valence-electron chi connectivity index (χ4n) is 1.08. The lowest BCUT2D eigenvalue weighted by molar-refractivity contribution is 0.100. The van der Waals surface area contributed by atoms with Gasteiger partial charge in [-0.3, -0.25) is 4.79 Å². The summed E-state index contributed by atoms with van der Waals surface area (Å²) in [4.78, 5) is 15.0. The van der Waals surface area contributed by atoms with Crippen molar-refractivity contribution in [3.05, 3.63) is 17.8 Å². The van der Waals surface area contributed by atoms with Gasteiger partial charge in [-0.25, -0.2) is 4.98 Å². The molecule has 1 rings (SSSR count). The van der Waals surface area contributed by atoms with Crippen molar-refractivity contribution in [2.45, 2.75) is 0 Å². The van der Waals surface area contributed by atoms with Gasteiger partial charge in [-0.2, -0.15) is 0 Å². The van der Waals surface area contributed by atoms with Gasteiger partial charge in [-0.15, -0.1) is 0 Å². The fourth-order valence-corrected chi connectivity index (χ4v) is 1.08. The summed E-state index contributed by atoms with van der Waals surface area (Å²) in [5, 5.41) is 2.93. The van der Waals surface area contributed by atoms with E-state index in [2.05, 4.69) is 10.3 Å². The van der Waals surface area contributed by atoms with Crippen LogP contribution in [0.25, 0.3) is 0 Å². The molecule has 0 radical (unpaired) electrons. The molecule has 6 heteroatoms. The number of hydrogen-bond donors (Lipinski definition) is 3. The Morgan fingerprint density at radius 3 is 3.00 bits per heavy atom. The molecule has 6 nitrogen and oxygen atoms in total. The smallest absolute Gasteiger partial charge is 0.252 e. The number of anilines is 2. The predicted octanol–water partition coefficient (Wildman–Crippen LogP) is -0.179. The Balaban J connectivity index is 2.81. The van der Waals surface area contributed by atoms with Crippen LogP contribution in [-0.4, -0.2) is 31.2 Å². The van der Waals surface area contributed by atoms with E-state index in [0.717, 1.165) is 0 Å². The van der Waals surface area contributed by atoms with E-state index in [9.17, 15) is 4.79 Å². The molecule has 0 aliphatic heterocycles. The van der Waals surface area contributed by atoms with Gasteiger partial charge in [-0.05, 0) is 6.07 Å². The van der Waals surface area contributed by atoms with Crippen molar-refractivity contribution in [2.75, 3.05) is 31.3 Å². The maximum atomic E-state index is 11.1. The van der Waals surface area contributed by atoms with E-state index in [1.54, 1.807) is 7.11 Å². The zero-order valence-electron chi connectivity index (χ0n) is 8.49. The highest BCUT2D eigenvalue weighted by Crippen LogP contribution is 2.14. The summed E-state index contributed by atoms with van der Waals surface area (Å²) in [5.41, 5.74) is 11.4. The van der Waals surface area contributed by atoms with Crippen LogP contribution in [0.4, 0.5) is 11.5 Å². The summed E-state index contributed by atoms with van der Waals surface area (Å²) < 4.78 is 4.86. The average Bonchev–Trinajstić information content (AvgIpc) is 2.20. The summed E-state index contributed by atoms with van der Waals surface area (Å²) >= 11 is 0. The number of hydrogen-bond acceptors (Lipinski definition) is 5. The minimum absolute atomic E-state index is 0.283. The van der Waals surface area contributed by atoms with E-state index in [1.807, 2.05) is 0 Å². The Hall–Kier alpha value is -1.82. The number of ether oxygens (including phenoxy) is 1. The van der Waals surface area contributed by atoms with Crippen molar-refractivity contribution in [2.24, 2.45) is 5.73 Å². The van der Waals surface area contributed by atoms with Crippen molar-refractivity contribution < 1.29 is 9.53 Å². The molecule has 82 valence electrons. The molecule has 0 aliphatic rings. The van der Waals surface area contributed by atoms with Gasteiger partial charge in [0, 0.05) is 13.7 Å². The lowest BCUT2D eigenvalue weighted by atomic mass is 10.2. The molecule has 5 N–H and O–H groups in total. The van der Waals surface area contributed by atoms with Crippen molar-refractivity contribution >= 4 is 17.4 Å². The summed E-state index contributed by atoms with van der Waals surface area (Å²) in [7, 11) is 1.59. The predicted molar refractivity (Wildman–Crippen MR) is 57.5 cm³/mol. The number of nitrogens with two attached hydrogens (primary N) is 2. The van der Waals surface area contributed by atoms with Crippen LogP contribution in [0.1, 0.15) is 10.4 Å². The monoisotopic (exact) mass is 210 g/mol.